The molecule has 0 aromatic carbocycles. The maximum absolute atomic E-state index is 11.8. The van der Waals surface area contributed by atoms with Crippen molar-refractivity contribution in [3.63, 3.8) is 0 Å². The van der Waals surface area contributed by atoms with Crippen LogP contribution in [0.4, 0.5) is 5.69 Å². The lowest BCUT2D eigenvalue weighted by atomic mass is 10.3. The van der Waals surface area contributed by atoms with Gasteiger partial charge in [-0.05, 0) is 37.9 Å². The monoisotopic (exact) mass is 262 g/mol. The normalized spacial score (nSPS) is 14.2. The standard InChI is InChI=1S/C14H22N4O/c1-18(2)14(19)13-10-12(6-9-17-13)16-8-3-7-15-11-4-5-11/h6,9-11,15H,3-5,7-8H2,1-2H3,(H,16,17). The van der Waals surface area contributed by atoms with Gasteiger partial charge in [0.05, 0.1) is 0 Å². The molecule has 1 aliphatic carbocycles. The molecule has 0 saturated heterocycles. The van der Waals surface area contributed by atoms with Crippen LogP contribution in [0, 0.1) is 0 Å². The first kappa shape index (κ1) is 13.8. The summed E-state index contributed by atoms with van der Waals surface area (Å²) in [5, 5.41) is 6.80. The molecule has 1 amide bonds. The van der Waals surface area contributed by atoms with E-state index in [0.29, 0.717) is 5.69 Å². The zero-order valence-electron chi connectivity index (χ0n) is 11.6. The summed E-state index contributed by atoms with van der Waals surface area (Å²) in [4.78, 5) is 17.4. The fourth-order valence-electron chi connectivity index (χ4n) is 1.80. The van der Waals surface area contributed by atoms with Gasteiger partial charge in [-0.1, -0.05) is 0 Å². The first-order valence-corrected chi connectivity index (χ1v) is 6.82. The topological polar surface area (TPSA) is 57.3 Å². The number of carbonyl (C=O) groups is 1. The number of hydrogen-bond acceptors (Lipinski definition) is 4. The van der Waals surface area contributed by atoms with Crippen molar-refractivity contribution in [1.82, 2.24) is 15.2 Å². The molecule has 19 heavy (non-hydrogen) atoms. The predicted octanol–water partition coefficient (Wildman–Crippen LogP) is 1.34. The van der Waals surface area contributed by atoms with Crippen LogP contribution in [0.1, 0.15) is 29.8 Å². The third-order valence-corrected chi connectivity index (χ3v) is 3.08. The van der Waals surface area contributed by atoms with E-state index in [0.717, 1.165) is 31.2 Å². The van der Waals surface area contributed by atoms with Gasteiger partial charge >= 0.3 is 0 Å². The molecule has 0 radical (unpaired) electrons. The number of nitrogens with one attached hydrogen (secondary N) is 2. The molecular formula is C14H22N4O. The fourth-order valence-corrected chi connectivity index (χ4v) is 1.80. The van der Waals surface area contributed by atoms with E-state index in [1.807, 2.05) is 6.07 Å². The molecule has 1 fully saturated rings. The van der Waals surface area contributed by atoms with Gasteiger partial charge in [0.2, 0.25) is 0 Å². The summed E-state index contributed by atoms with van der Waals surface area (Å²) < 4.78 is 0. The van der Waals surface area contributed by atoms with Crippen LogP contribution in [0.3, 0.4) is 0 Å². The maximum Gasteiger partial charge on any atom is 0.272 e. The Morgan fingerprint density at radius 3 is 2.89 bits per heavy atom. The van der Waals surface area contributed by atoms with E-state index < -0.39 is 0 Å². The van der Waals surface area contributed by atoms with Crippen molar-refractivity contribution in [2.24, 2.45) is 0 Å². The highest BCUT2D eigenvalue weighted by Crippen LogP contribution is 2.18. The Bertz CT molecular complexity index is 429. The van der Waals surface area contributed by atoms with E-state index in [9.17, 15) is 4.79 Å². The van der Waals surface area contributed by atoms with Crippen LogP contribution in [0.25, 0.3) is 0 Å². The van der Waals surface area contributed by atoms with Gasteiger partial charge in [0.25, 0.3) is 5.91 Å². The third kappa shape index (κ3) is 4.52. The average molecular weight is 262 g/mol. The lowest BCUT2D eigenvalue weighted by Gasteiger charge is -2.11. The molecule has 2 rings (SSSR count). The largest absolute Gasteiger partial charge is 0.385 e. The van der Waals surface area contributed by atoms with Gasteiger partial charge < -0.3 is 15.5 Å². The molecule has 1 saturated carbocycles. The van der Waals surface area contributed by atoms with Crippen LogP contribution in [0.5, 0.6) is 0 Å². The zero-order chi connectivity index (χ0) is 13.7. The Hall–Kier alpha value is -1.62. The van der Waals surface area contributed by atoms with Crippen LogP contribution in [-0.2, 0) is 0 Å². The van der Waals surface area contributed by atoms with E-state index in [1.165, 1.54) is 17.7 Å². The average Bonchev–Trinajstić information content (AvgIpc) is 3.22. The second-order valence-corrected chi connectivity index (χ2v) is 5.14. The van der Waals surface area contributed by atoms with Gasteiger partial charge in [-0.25, -0.2) is 0 Å². The van der Waals surface area contributed by atoms with E-state index in [-0.39, 0.29) is 5.91 Å². The minimum Gasteiger partial charge on any atom is -0.385 e. The van der Waals surface area contributed by atoms with Gasteiger partial charge in [0.15, 0.2) is 0 Å². The lowest BCUT2D eigenvalue weighted by Crippen LogP contribution is -2.23. The van der Waals surface area contributed by atoms with Crippen LogP contribution < -0.4 is 10.6 Å². The van der Waals surface area contributed by atoms with Crippen molar-refractivity contribution < 1.29 is 4.79 Å². The van der Waals surface area contributed by atoms with Gasteiger partial charge in [0, 0.05) is 38.6 Å². The number of rotatable bonds is 7. The minimum atomic E-state index is -0.0703. The molecule has 0 unspecified atom stereocenters. The van der Waals surface area contributed by atoms with E-state index in [1.54, 1.807) is 26.4 Å². The summed E-state index contributed by atoms with van der Waals surface area (Å²) >= 11 is 0. The fraction of sp³-hybridized carbons (Fsp3) is 0.571. The van der Waals surface area contributed by atoms with Crippen LogP contribution in [-0.4, -0.2) is 49.0 Å². The molecular weight excluding hydrogens is 240 g/mol. The molecule has 2 N–H and O–H groups in total. The molecule has 1 heterocycles. The van der Waals surface area contributed by atoms with Crippen molar-refractivity contribution in [2.75, 3.05) is 32.5 Å². The minimum absolute atomic E-state index is 0.0703. The number of nitrogens with zero attached hydrogens (tertiary/aromatic N) is 2. The Morgan fingerprint density at radius 1 is 1.42 bits per heavy atom. The number of carbonyl (C=O) groups excluding carboxylic acids is 1. The SMILES string of the molecule is CN(C)C(=O)c1cc(NCCCNC2CC2)ccn1. The molecule has 1 aromatic rings. The van der Waals surface area contributed by atoms with Crippen molar-refractivity contribution in [3.05, 3.63) is 24.0 Å². The van der Waals surface area contributed by atoms with Crippen molar-refractivity contribution in [3.8, 4) is 0 Å². The predicted molar refractivity (Wildman–Crippen MR) is 76.4 cm³/mol. The zero-order valence-corrected chi connectivity index (χ0v) is 11.6. The Labute approximate surface area is 114 Å². The number of amides is 1. The molecule has 5 heteroatoms. The molecule has 0 spiro atoms. The molecule has 0 bridgehead atoms. The Balaban J connectivity index is 1.76. The van der Waals surface area contributed by atoms with Crippen LogP contribution >= 0.6 is 0 Å². The van der Waals surface area contributed by atoms with Crippen LogP contribution in [0.15, 0.2) is 18.3 Å². The molecule has 1 aromatic heterocycles. The quantitative estimate of drug-likeness (QED) is 0.728. The summed E-state index contributed by atoms with van der Waals surface area (Å²) in [5.74, 6) is -0.0703. The number of aromatic nitrogens is 1. The Kier molecular flexibility index (Phi) is 4.74. The van der Waals surface area contributed by atoms with E-state index in [4.69, 9.17) is 0 Å². The van der Waals surface area contributed by atoms with Crippen molar-refractivity contribution in [2.45, 2.75) is 25.3 Å². The summed E-state index contributed by atoms with van der Waals surface area (Å²) in [5.41, 5.74) is 1.43. The molecule has 1 aliphatic rings. The Morgan fingerprint density at radius 2 is 2.21 bits per heavy atom. The summed E-state index contributed by atoms with van der Waals surface area (Å²) in [6, 6.07) is 4.46. The van der Waals surface area contributed by atoms with Crippen molar-refractivity contribution >= 4 is 11.6 Å². The molecule has 0 aliphatic heterocycles. The van der Waals surface area contributed by atoms with Gasteiger partial charge in [-0.15, -0.1) is 0 Å². The van der Waals surface area contributed by atoms with Crippen molar-refractivity contribution in [1.29, 1.82) is 0 Å². The van der Waals surface area contributed by atoms with Gasteiger partial charge in [-0.2, -0.15) is 0 Å². The van der Waals surface area contributed by atoms with E-state index in [2.05, 4.69) is 15.6 Å². The first-order chi connectivity index (χ1) is 9.16. The van der Waals surface area contributed by atoms with E-state index >= 15 is 0 Å². The second kappa shape index (κ2) is 6.52. The lowest BCUT2D eigenvalue weighted by molar-refractivity contribution is 0.0822. The number of pyridine rings is 1. The third-order valence-electron chi connectivity index (χ3n) is 3.08. The second-order valence-electron chi connectivity index (χ2n) is 5.14. The highest BCUT2D eigenvalue weighted by atomic mass is 16.2. The number of anilines is 1. The summed E-state index contributed by atoms with van der Waals surface area (Å²) in [6.45, 7) is 1.95. The molecule has 0 atom stereocenters. The molecule has 5 nitrogen and oxygen atoms in total. The summed E-state index contributed by atoms with van der Waals surface area (Å²) in [7, 11) is 3.46. The number of hydrogen-bond donors (Lipinski definition) is 2. The summed E-state index contributed by atoms with van der Waals surface area (Å²) in [6.07, 6.45) is 5.40. The smallest absolute Gasteiger partial charge is 0.272 e. The highest BCUT2D eigenvalue weighted by molar-refractivity contribution is 5.92. The van der Waals surface area contributed by atoms with Gasteiger partial charge in [0.1, 0.15) is 5.69 Å². The highest BCUT2D eigenvalue weighted by Gasteiger charge is 2.19. The van der Waals surface area contributed by atoms with Gasteiger partial charge in [-0.3, -0.25) is 9.78 Å². The molecule has 104 valence electrons. The first-order valence-electron chi connectivity index (χ1n) is 6.82. The van der Waals surface area contributed by atoms with Crippen LogP contribution in [0.2, 0.25) is 0 Å². The maximum atomic E-state index is 11.8.